The zero-order valence-corrected chi connectivity index (χ0v) is 16.8. The lowest BCUT2D eigenvalue weighted by atomic mass is 9.98. The molecule has 0 saturated carbocycles. The van der Waals surface area contributed by atoms with Gasteiger partial charge in [-0.15, -0.1) is 0 Å². The van der Waals surface area contributed by atoms with Crippen LogP contribution in [0, 0.1) is 6.92 Å². The molecule has 32 heavy (non-hydrogen) atoms. The summed E-state index contributed by atoms with van der Waals surface area (Å²) in [6.45, 7) is 1.81. The van der Waals surface area contributed by atoms with Crippen LogP contribution < -0.4 is 5.56 Å². The van der Waals surface area contributed by atoms with Crippen LogP contribution in [0.3, 0.4) is 0 Å². The minimum atomic E-state index is -4.62. The first kappa shape index (κ1) is 21.3. The Morgan fingerprint density at radius 3 is 2.53 bits per heavy atom. The van der Waals surface area contributed by atoms with Gasteiger partial charge in [-0.1, -0.05) is 30.3 Å². The average Bonchev–Trinajstić information content (AvgIpc) is 2.75. The highest BCUT2D eigenvalue weighted by molar-refractivity contribution is 6.04. The Hall–Kier alpha value is -3.94. The lowest BCUT2D eigenvalue weighted by molar-refractivity contribution is -0.137. The van der Waals surface area contributed by atoms with Crippen molar-refractivity contribution in [3.05, 3.63) is 99.5 Å². The fourth-order valence-corrected chi connectivity index (χ4v) is 3.59. The SMILES string of the molecule is Cc1ccccc1CC(=O)c1c(O)c2cccnc2n(-c2cccc(C(F)(F)F)c2)c1=O. The molecule has 0 aliphatic heterocycles. The molecule has 1 N–H and O–H groups in total. The monoisotopic (exact) mass is 438 g/mol. The van der Waals surface area contributed by atoms with Crippen molar-refractivity contribution in [2.75, 3.05) is 0 Å². The quantitative estimate of drug-likeness (QED) is 0.463. The van der Waals surface area contributed by atoms with Crippen LogP contribution in [0.2, 0.25) is 0 Å². The van der Waals surface area contributed by atoms with Crippen LogP contribution in [0.1, 0.15) is 27.0 Å². The molecule has 2 aromatic carbocycles. The molecule has 2 heterocycles. The first-order chi connectivity index (χ1) is 15.2. The third-order valence-corrected chi connectivity index (χ3v) is 5.23. The molecule has 0 aliphatic rings. The number of alkyl halides is 3. The predicted molar refractivity (Wildman–Crippen MR) is 113 cm³/mol. The predicted octanol–water partition coefficient (Wildman–Crippen LogP) is 4.84. The lowest BCUT2D eigenvalue weighted by Gasteiger charge is -2.15. The van der Waals surface area contributed by atoms with Crippen LogP contribution in [-0.2, 0) is 12.6 Å². The second kappa shape index (κ2) is 7.96. The van der Waals surface area contributed by atoms with E-state index in [1.807, 2.05) is 19.1 Å². The van der Waals surface area contributed by atoms with E-state index in [-0.39, 0.29) is 23.1 Å². The van der Waals surface area contributed by atoms with E-state index in [0.717, 1.165) is 22.3 Å². The Labute approximate surface area is 180 Å². The normalized spacial score (nSPS) is 11.6. The summed E-state index contributed by atoms with van der Waals surface area (Å²) in [6, 6.07) is 14.2. The van der Waals surface area contributed by atoms with E-state index in [1.165, 1.54) is 30.5 Å². The van der Waals surface area contributed by atoms with Gasteiger partial charge in [-0.25, -0.2) is 4.98 Å². The third kappa shape index (κ3) is 3.75. The summed E-state index contributed by atoms with van der Waals surface area (Å²) in [6.07, 6.45) is -3.42. The standard InChI is InChI=1S/C24H17F3N2O3/c1-14-6-2-3-7-15(14)12-19(30)20-21(31)18-10-5-11-28-22(18)29(23(20)32)17-9-4-8-16(13-17)24(25,26)27/h2-11,13,31H,12H2,1H3. The zero-order chi connectivity index (χ0) is 23.0. The number of hydrogen-bond acceptors (Lipinski definition) is 4. The molecule has 5 nitrogen and oxygen atoms in total. The van der Waals surface area contributed by atoms with Crippen LogP contribution in [0.25, 0.3) is 16.7 Å². The molecule has 0 fully saturated rings. The van der Waals surface area contributed by atoms with Crippen LogP contribution in [0.4, 0.5) is 13.2 Å². The van der Waals surface area contributed by atoms with E-state index < -0.39 is 34.4 Å². The van der Waals surface area contributed by atoms with E-state index >= 15 is 0 Å². The van der Waals surface area contributed by atoms with Crippen molar-refractivity contribution in [2.45, 2.75) is 19.5 Å². The van der Waals surface area contributed by atoms with Crippen molar-refractivity contribution in [1.82, 2.24) is 9.55 Å². The zero-order valence-electron chi connectivity index (χ0n) is 16.8. The molecule has 0 bridgehead atoms. The van der Waals surface area contributed by atoms with Crippen molar-refractivity contribution in [3.8, 4) is 11.4 Å². The summed E-state index contributed by atoms with van der Waals surface area (Å²) >= 11 is 0. The Kier molecular flexibility index (Phi) is 5.30. The molecule has 0 saturated heterocycles. The highest BCUT2D eigenvalue weighted by Gasteiger charge is 2.31. The van der Waals surface area contributed by atoms with Crippen molar-refractivity contribution >= 4 is 16.8 Å². The first-order valence-corrected chi connectivity index (χ1v) is 9.66. The van der Waals surface area contributed by atoms with Crippen LogP contribution in [-0.4, -0.2) is 20.4 Å². The van der Waals surface area contributed by atoms with Gasteiger partial charge in [-0.3, -0.25) is 14.2 Å². The number of halogens is 3. The second-order valence-corrected chi connectivity index (χ2v) is 7.31. The number of benzene rings is 2. The Morgan fingerprint density at radius 1 is 1.06 bits per heavy atom. The number of hydrogen-bond donors (Lipinski definition) is 1. The van der Waals surface area contributed by atoms with Crippen molar-refractivity contribution in [3.63, 3.8) is 0 Å². The molecule has 0 aliphatic carbocycles. The number of pyridine rings is 2. The maximum absolute atomic E-state index is 13.3. The molecule has 4 aromatic rings. The van der Waals surface area contributed by atoms with Gasteiger partial charge < -0.3 is 5.11 Å². The first-order valence-electron chi connectivity index (χ1n) is 9.66. The average molecular weight is 438 g/mol. The molecule has 0 radical (unpaired) electrons. The number of fused-ring (bicyclic) bond motifs is 1. The number of carbonyl (C=O) groups is 1. The van der Waals surface area contributed by atoms with Gasteiger partial charge in [0.05, 0.1) is 16.6 Å². The lowest BCUT2D eigenvalue weighted by Crippen LogP contribution is -2.27. The largest absolute Gasteiger partial charge is 0.506 e. The summed E-state index contributed by atoms with van der Waals surface area (Å²) in [7, 11) is 0. The third-order valence-electron chi connectivity index (χ3n) is 5.23. The van der Waals surface area contributed by atoms with Gasteiger partial charge in [-0.2, -0.15) is 13.2 Å². The number of carbonyl (C=O) groups excluding carboxylic acids is 1. The number of nitrogens with zero attached hydrogens (tertiary/aromatic N) is 2. The number of aromatic nitrogens is 2. The molecule has 162 valence electrons. The smallest absolute Gasteiger partial charge is 0.416 e. The molecule has 0 spiro atoms. The number of aromatic hydroxyl groups is 1. The molecule has 0 atom stereocenters. The van der Waals surface area contributed by atoms with E-state index in [2.05, 4.69) is 4.98 Å². The number of aryl methyl sites for hydroxylation is 1. The fourth-order valence-electron chi connectivity index (χ4n) is 3.59. The number of ketones is 1. The van der Waals surface area contributed by atoms with Gasteiger partial charge in [0.25, 0.3) is 5.56 Å². The van der Waals surface area contributed by atoms with Crippen molar-refractivity contribution in [1.29, 1.82) is 0 Å². The van der Waals surface area contributed by atoms with Gasteiger partial charge >= 0.3 is 6.18 Å². The summed E-state index contributed by atoms with van der Waals surface area (Å²) in [4.78, 5) is 30.5. The topological polar surface area (TPSA) is 72.2 Å². The Balaban J connectivity index is 1.96. The Morgan fingerprint density at radius 2 is 1.81 bits per heavy atom. The maximum Gasteiger partial charge on any atom is 0.416 e. The van der Waals surface area contributed by atoms with Crippen molar-refractivity contribution < 1.29 is 23.1 Å². The van der Waals surface area contributed by atoms with Crippen molar-refractivity contribution in [2.24, 2.45) is 0 Å². The van der Waals surface area contributed by atoms with Crippen LogP contribution >= 0.6 is 0 Å². The minimum Gasteiger partial charge on any atom is -0.506 e. The van der Waals surface area contributed by atoms with Crippen LogP contribution in [0.15, 0.2) is 71.7 Å². The molecule has 8 heteroatoms. The number of Topliss-reactive ketones (excluding diaryl/α,β-unsaturated/α-hetero) is 1. The van der Waals surface area contributed by atoms with Gasteiger partial charge in [0, 0.05) is 12.6 Å². The van der Waals surface area contributed by atoms with Gasteiger partial charge in [0.15, 0.2) is 11.4 Å². The number of rotatable bonds is 4. The van der Waals surface area contributed by atoms with Crippen LogP contribution in [0.5, 0.6) is 5.75 Å². The molecule has 0 amide bonds. The van der Waals surface area contributed by atoms with E-state index in [1.54, 1.807) is 12.1 Å². The van der Waals surface area contributed by atoms with E-state index in [4.69, 9.17) is 0 Å². The maximum atomic E-state index is 13.3. The van der Waals surface area contributed by atoms with E-state index in [9.17, 15) is 27.9 Å². The highest BCUT2D eigenvalue weighted by atomic mass is 19.4. The molecule has 4 rings (SSSR count). The molecule has 2 aromatic heterocycles. The summed E-state index contributed by atoms with van der Waals surface area (Å²) in [5.74, 6) is -1.19. The Bertz CT molecular complexity index is 1410. The van der Waals surface area contributed by atoms with Gasteiger partial charge in [-0.05, 0) is 48.4 Å². The van der Waals surface area contributed by atoms with Gasteiger partial charge in [0.1, 0.15) is 11.3 Å². The molecular formula is C24H17F3N2O3. The molecular weight excluding hydrogens is 421 g/mol. The molecule has 0 unspecified atom stereocenters. The van der Waals surface area contributed by atoms with Gasteiger partial charge in [0.2, 0.25) is 0 Å². The summed E-state index contributed by atoms with van der Waals surface area (Å²) in [5, 5.41) is 10.8. The second-order valence-electron chi connectivity index (χ2n) is 7.31. The minimum absolute atomic E-state index is 0.0539. The van der Waals surface area contributed by atoms with E-state index in [0.29, 0.717) is 5.56 Å². The fraction of sp³-hybridized carbons (Fsp3) is 0.125. The highest BCUT2D eigenvalue weighted by Crippen LogP contribution is 2.32. The summed E-state index contributed by atoms with van der Waals surface area (Å²) < 4.78 is 40.7. The summed E-state index contributed by atoms with van der Waals surface area (Å²) in [5.41, 5.74) is -1.04.